The van der Waals surface area contributed by atoms with Crippen LogP contribution in [0.4, 0.5) is 0 Å². The van der Waals surface area contributed by atoms with Crippen molar-refractivity contribution in [3.63, 3.8) is 0 Å². The van der Waals surface area contributed by atoms with E-state index in [0.29, 0.717) is 13.1 Å². The number of likely N-dealkylation sites (tertiary alicyclic amines) is 1. The highest BCUT2D eigenvalue weighted by Gasteiger charge is 2.37. The van der Waals surface area contributed by atoms with Crippen LogP contribution in [-0.2, 0) is 22.6 Å². The lowest BCUT2D eigenvalue weighted by molar-refractivity contribution is -0.142. The average Bonchev–Trinajstić information content (AvgIpc) is 3.45. The summed E-state index contributed by atoms with van der Waals surface area (Å²) >= 11 is 6.09. The van der Waals surface area contributed by atoms with Gasteiger partial charge in [0.15, 0.2) is 0 Å². The SMILES string of the molecule is O=C(C1CCCN(C(=O)C2CC2)C1)N1CCc2ccc(Cl)cc2C1. The minimum atomic E-state index is -0.0396. The van der Waals surface area contributed by atoms with Crippen molar-refractivity contribution in [2.24, 2.45) is 11.8 Å². The predicted molar refractivity (Wildman–Crippen MR) is 92.6 cm³/mol. The fourth-order valence-corrected chi connectivity index (χ4v) is 4.13. The molecular formula is C19H23ClN2O2. The van der Waals surface area contributed by atoms with E-state index in [2.05, 4.69) is 6.07 Å². The largest absolute Gasteiger partial charge is 0.342 e. The fourth-order valence-electron chi connectivity index (χ4n) is 3.94. The number of fused-ring (bicyclic) bond motifs is 1. The smallest absolute Gasteiger partial charge is 0.227 e. The Morgan fingerprint density at radius 2 is 1.75 bits per heavy atom. The summed E-state index contributed by atoms with van der Waals surface area (Å²) in [5.74, 6) is 0.669. The van der Waals surface area contributed by atoms with Gasteiger partial charge < -0.3 is 9.80 Å². The second-order valence-electron chi connectivity index (χ2n) is 7.32. The van der Waals surface area contributed by atoms with Crippen molar-refractivity contribution in [1.82, 2.24) is 9.80 Å². The summed E-state index contributed by atoms with van der Waals surface area (Å²) in [6.45, 7) is 2.83. The van der Waals surface area contributed by atoms with Crippen molar-refractivity contribution >= 4 is 23.4 Å². The lowest BCUT2D eigenvalue weighted by atomic mass is 9.93. The minimum Gasteiger partial charge on any atom is -0.342 e. The second-order valence-corrected chi connectivity index (χ2v) is 7.76. The van der Waals surface area contributed by atoms with Gasteiger partial charge >= 0.3 is 0 Å². The van der Waals surface area contributed by atoms with E-state index in [1.165, 1.54) is 5.56 Å². The number of hydrogen-bond donors (Lipinski definition) is 0. The topological polar surface area (TPSA) is 40.6 Å². The second kappa shape index (κ2) is 6.40. The predicted octanol–water partition coefficient (Wildman–Crippen LogP) is 2.87. The Kier molecular flexibility index (Phi) is 4.25. The first kappa shape index (κ1) is 15.9. The van der Waals surface area contributed by atoms with Crippen LogP contribution >= 0.6 is 11.6 Å². The Morgan fingerprint density at radius 3 is 2.54 bits per heavy atom. The number of hydrogen-bond acceptors (Lipinski definition) is 2. The van der Waals surface area contributed by atoms with Gasteiger partial charge in [-0.15, -0.1) is 0 Å². The lowest BCUT2D eigenvalue weighted by Crippen LogP contribution is -2.48. The molecule has 3 aliphatic rings. The molecule has 1 aromatic rings. The van der Waals surface area contributed by atoms with Gasteiger partial charge in [-0.3, -0.25) is 9.59 Å². The quantitative estimate of drug-likeness (QED) is 0.826. The standard InChI is InChI=1S/C19H23ClN2O2/c20-17-6-5-13-7-9-22(12-16(13)10-17)19(24)15-2-1-8-21(11-15)18(23)14-3-4-14/h5-6,10,14-15H,1-4,7-9,11-12H2. The van der Waals surface area contributed by atoms with Gasteiger partial charge in [0.25, 0.3) is 0 Å². The van der Waals surface area contributed by atoms with E-state index >= 15 is 0 Å². The van der Waals surface area contributed by atoms with Gasteiger partial charge in [-0.1, -0.05) is 17.7 Å². The molecule has 0 N–H and O–H groups in total. The summed E-state index contributed by atoms with van der Waals surface area (Å²) in [5.41, 5.74) is 2.45. The molecule has 1 atom stereocenters. The molecule has 1 aromatic carbocycles. The molecule has 24 heavy (non-hydrogen) atoms. The van der Waals surface area contributed by atoms with E-state index in [1.54, 1.807) is 0 Å². The van der Waals surface area contributed by atoms with Gasteiger partial charge in [0.2, 0.25) is 11.8 Å². The molecule has 0 aromatic heterocycles. The zero-order chi connectivity index (χ0) is 16.7. The third kappa shape index (κ3) is 3.16. The van der Waals surface area contributed by atoms with Crippen LogP contribution in [0.15, 0.2) is 18.2 Å². The van der Waals surface area contributed by atoms with E-state index in [1.807, 2.05) is 21.9 Å². The first-order valence-corrected chi connectivity index (χ1v) is 9.34. The summed E-state index contributed by atoms with van der Waals surface area (Å²) in [7, 11) is 0. The molecule has 1 unspecified atom stereocenters. The summed E-state index contributed by atoms with van der Waals surface area (Å²) in [4.78, 5) is 29.1. The molecular weight excluding hydrogens is 324 g/mol. The van der Waals surface area contributed by atoms with Crippen LogP contribution in [0.5, 0.6) is 0 Å². The van der Waals surface area contributed by atoms with Crippen LogP contribution in [0.1, 0.15) is 36.8 Å². The van der Waals surface area contributed by atoms with Crippen LogP contribution < -0.4 is 0 Å². The molecule has 5 heteroatoms. The van der Waals surface area contributed by atoms with Gasteiger partial charge in [0.05, 0.1) is 5.92 Å². The molecule has 128 valence electrons. The Bertz CT molecular complexity index is 671. The van der Waals surface area contributed by atoms with Crippen molar-refractivity contribution in [2.45, 2.75) is 38.6 Å². The highest BCUT2D eigenvalue weighted by atomic mass is 35.5. The average molecular weight is 347 g/mol. The van der Waals surface area contributed by atoms with E-state index in [9.17, 15) is 9.59 Å². The maximum Gasteiger partial charge on any atom is 0.227 e. The molecule has 0 bridgehead atoms. The molecule has 4 rings (SSSR count). The van der Waals surface area contributed by atoms with E-state index in [0.717, 1.165) is 55.8 Å². The third-order valence-electron chi connectivity index (χ3n) is 5.50. The van der Waals surface area contributed by atoms with Gasteiger partial charge in [0.1, 0.15) is 0 Å². The van der Waals surface area contributed by atoms with E-state index in [-0.39, 0.29) is 23.7 Å². The number of halogens is 1. The van der Waals surface area contributed by atoms with Crippen LogP contribution in [0.2, 0.25) is 5.02 Å². The number of rotatable bonds is 2. The number of carbonyl (C=O) groups is 2. The molecule has 2 amide bonds. The first-order valence-electron chi connectivity index (χ1n) is 8.96. The molecule has 1 aliphatic carbocycles. The Balaban J connectivity index is 1.42. The highest BCUT2D eigenvalue weighted by molar-refractivity contribution is 6.30. The molecule has 2 fully saturated rings. The van der Waals surface area contributed by atoms with Crippen LogP contribution in [0, 0.1) is 11.8 Å². The van der Waals surface area contributed by atoms with Gasteiger partial charge in [-0.2, -0.15) is 0 Å². The maximum atomic E-state index is 13.0. The number of amides is 2. The Hall–Kier alpha value is -1.55. The van der Waals surface area contributed by atoms with Gasteiger partial charge in [-0.25, -0.2) is 0 Å². The minimum absolute atomic E-state index is 0.0396. The van der Waals surface area contributed by atoms with Crippen LogP contribution in [0.3, 0.4) is 0 Å². The molecule has 2 heterocycles. The van der Waals surface area contributed by atoms with Crippen molar-refractivity contribution in [3.05, 3.63) is 34.3 Å². The summed E-state index contributed by atoms with van der Waals surface area (Å²) < 4.78 is 0. The van der Waals surface area contributed by atoms with Crippen molar-refractivity contribution < 1.29 is 9.59 Å². The van der Waals surface area contributed by atoms with Crippen molar-refractivity contribution in [3.8, 4) is 0 Å². The highest BCUT2D eigenvalue weighted by Crippen LogP contribution is 2.33. The van der Waals surface area contributed by atoms with Crippen molar-refractivity contribution in [1.29, 1.82) is 0 Å². The third-order valence-corrected chi connectivity index (χ3v) is 5.74. The number of nitrogens with zero attached hydrogens (tertiary/aromatic N) is 2. The maximum absolute atomic E-state index is 13.0. The summed E-state index contributed by atoms with van der Waals surface area (Å²) in [5, 5.41) is 0.724. The molecule has 2 aliphatic heterocycles. The number of piperidine rings is 1. The number of benzene rings is 1. The van der Waals surface area contributed by atoms with Crippen molar-refractivity contribution in [2.75, 3.05) is 19.6 Å². The molecule has 0 spiro atoms. The first-order chi connectivity index (χ1) is 11.6. The molecule has 1 saturated carbocycles. The van der Waals surface area contributed by atoms with Crippen LogP contribution in [0.25, 0.3) is 0 Å². The Labute approximate surface area is 147 Å². The zero-order valence-electron chi connectivity index (χ0n) is 13.8. The molecule has 0 radical (unpaired) electrons. The van der Waals surface area contributed by atoms with E-state index < -0.39 is 0 Å². The molecule has 1 saturated heterocycles. The normalized spacial score (nSPS) is 23.8. The molecule has 4 nitrogen and oxygen atoms in total. The van der Waals surface area contributed by atoms with Gasteiger partial charge in [-0.05, 0) is 55.4 Å². The summed E-state index contributed by atoms with van der Waals surface area (Å²) in [6, 6.07) is 5.95. The van der Waals surface area contributed by atoms with Gasteiger partial charge in [0, 0.05) is 37.1 Å². The van der Waals surface area contributed by atoms with Crippen LogP contribution in [-0.4, -0.2) is 41.2 Å². The monoisotopic (exact) mass is 346 g/mol. The number of carbonyl (C=O) groups excluding carboxylic acids is 2. The summed E-state index contributed by atoms with van der Waals surface area (Å²) in [6.07, 6.45) is 4.77. The Morgan fingerprint density at radius 1 is 0.958 bits per heavy atom. The fraction of sp³-hybridized carbons (Fsp3) is 0.579. The zero-order valence-corrected chi connectivity index (χ0v) is 14.6. The lowest BCUT2D eigenvalue weighted by Gasteiger charge is -2.37. The van der Waals surface area contributed by atoms with E-state index in [4.69, 9.17) is 11.6 Å².